The van der Waals surface area contributed by atoms with E-state index in [0.717, 1.165) is 30.4 Å². The minimum absolute atomic E-state index is 0.0363. The molecule has 0 aromatic heterocycles. The second-order valence-electron chi connectivity index (χ2n) is 8.31. The molecule has 2 heterocycles. The zero-order valence-corrected chi connectivity index (χ0v) is 17.2. The second kappa shape index (κ2) is 8.71. The standard InChI is InChI=1S/C25H26N2O3/c1-17-19(15-26)9-5-12-23(17)24(28)20-13-21-10-6-11-22(14-20)27(21)25(29)30-16-18-7-3-2-4-8-18/h2-5,7-9,12,20-22H,6,10-11,13-14,16H2,1H3. The molecule has 4 rings (SSSR count). The SMILES string of the molecule is Cc1c(C#N)cccc1C(=O)C1CC2CCCC(C1)N2C(=O)OCc1ccccc1. The van der Waals surface area contributed by atoms with E-state index in [4.69, 9.17) is 4.74 Å². The van der Waals surface area contributed by atoms with Gasteiger partial charge in [-0.1, -0.05) is 42.5 Å². The van der Waals surface area contributed by atoms with Gasteiger partial charge in [-0.2, -0.15) is 5.26 Å². The van der Waals surface area contributed by atoms with E-state index in [1.807, 2.05) is 48.2 Å². The Balaban J connectivity index is 1.46. The number of benzene rings is 2. The highest BCUT2D eigenvalue weighted by Crippen LogP contribution is 2.39. The number of carbonyl (C=O) groups is 2. The fourth-order valence-corrected chi connectivity index (χ4v) is 4.93. The van der Waals surface area contributed by atoms with E-state index in [2.05, 4.69) is 6.07 Å². The molecular weight excluding hydrogens is 376 g/mol. The maximum absolute atomic E-state index is 13.3. The lowest BCUT2D eigenvalue weighted by molar-refractivity contribution is 0.00471. The number of carbonyl (C=O) groups excluding carboxylic acids is 2. The van der Waals surface area contributed by atoms with Crippen LogP contribution < -0.4 is 0 Å². The van der Waals surface area contributed by atoms with Crippen LogP contribution in [0.15, 0.2) is 48.5 Å². The van der Waals surface area contributed by atoms with Crippen LogP contribution in [0.2, 0.25) is 0 Å². The van der Waals surface area contributed by atoms with Gasteiger partial charge in [0.1, 0.15) is 6.61 Å². The zero-order chi connectivity index (χ0) is 21.1. The van der Waals surface area contributed by atoms with E-state index >= 15 is 0 Å². The van der Waals surface area contributed by atoms with Crippen LogP contribution in [0, 0.1) is 24.2 Å². The number of nitrogens with zero attached hydrogens (tertiary/aromatic N) is 2. The summed E-state index contributed by atoms with van der Waals surface area (Å²) in [6.45, 7) is 2.10. The normalized spacial score (nSPS) is 22.8. The van der Waals surface area contributed by atoms with Gasteiger partial charge in [0.05, 0.1) is 11.6 Å². The Bertz CT molecular complexity index is 966. The third-order valence-electron chi connectivity index (χ3n) is 6.48. The first kappa shape index (κ1) is 20.2. The topological polar surface area (TPSA) is 70.4 Å². The highest BCUT2D eigenvalue weighted by molar-refractivity contribution is 5.99. The lowest BCUT2D eigenvalue weighted by atomic mass is 9.75. The van der Waals surface area contributed by atoms with E-state index in [0.29, 0.717) is 24.0 Å². The molecule has 5 nitrogen and oxygen atoms in total. The van der Waals surface area contributed by atoms with Gasteiger partial charge in [-0.15, -0.1) is 0 Å². The molecule has 0 radical (unpaired) electrons. The Labute approximate surface area is 177 Å². The monoisotopic (exact) mass is 402 g/mol. The largest absolute Gasteiger partial charge is 0.445 e. The maximum Gasteiger partial charge on any atom is 0.410 e. The molecule has 2 aliphatic rings. The molecule has 2 aromatic carbocycles. The van der Waals surface area contributed by atoms with Crippen molar-refractivity contribution < 1.29 is 14.3 Å². The Kier molecular flexibility index (Phi) is 5.85. The Morgan fingerprint density at radius 1 is 1.07 bits per heavy atom. The number of amides is 1. The van der Waals surface area contributed by atoms with E-state index in [9.17, 15) is 14.9 Å². The summed E-state index contributed by atoms with van der Waals surface area (Å²) in [4.78, 5) is 28.0. The second-order valence-corrected chi connectivity index (χ2v) is 8.31. The molecule has 0 saturated carbocycles. The quantitative estimate of drug-likeness (QED) is 0.673. The van der Waals surface area contributed by atoms with E-state index in [1.165, 1.54) is 0 Å². The third kappa shape index (κ3) is 3.95. The summed E-state index contributed by atoms with van der Waals surface area (Å²) in [6, 6.07) is 17.2. The zero-order valence-electron chi connectivity index (χ0n) is 17.2. The summed E-state index contributed by atoms with van der Waals surface area (Å²) in [5.41, 5.74) is 2.90. The summed E-state index contributed by atoms with van der Waals surface area (Å²) in [5.74, 6) is -0.0232. The molecule has 2 bridgehead atoms. The molecule has 1 amide bonds. The maximum atomic E-state index is 13.3. The van der Waals surface area contributed by atoms with Gasteiger partial charge in [0.15, 0.2) is 5.78 Å². The Morgan fingerprint density at radius 3 is 2.43 bits per heavy atom. The number of Topliss-reactive ketones (excluding diaryl/α,β-unsaturated/α-hetero) is 1. The van der Waals surface area contributed by atoms with Crippen LogP contribution >= 0.6 is 0 Å². The number of ketones is 1. The lowest BCUT2D eigenvalue weighted by Gasteiger charge is -2.47. The van der Waals surface area contributed by atoms with Crippen LogP contribution in [-0.2, 0) is 11.3 Å². The van der Waals surface area contributed by atoms with Crippen LogP contribution in [0.25, 0.3) is 0 Å². The number of piperidine rings is 2. The van der Waals surface area contributed by atoms with Gasteiger partial charge in [0, 0.05) is 23.6 Å². The predicted molar refractivity (Wildman–Crippen MR) is 113 cm³/mol. The van der Waals surface area contributed by atoms with Gasteiger partial charge in [-0.25, -0.2) is 4.79 Å². The van der Waals surface area contributed by atoms with Crippen LogP contribution in [0.3, 0.4) is 0 Å². The van der Waals surface area contributed by atoms with E-state index in [1.54, 1.807) is 12.1 Å². The number of rotatable bonds is 4. The van der Waals surface area contributed by atoms with Crippen molar-refractivity contribution in [3.63, 3.8) is 0 Å². The molecule has 2 aromatic rings. The van der Waals surface area contributed by atoms with Gasteiger partial charge in [0.2, 0.25) is 0 Å². The van der Waals surface area contributed by atoms with Crippen LogP contribution in [-0.4, -0.2) is 28.9 Å². The van der Waals surface area contributed by atoms with Crippen molar-refractivity contribution in [1.29, 1.82) is 5.26 Å². The minimum atomic E-state index is -0.276. The van der Waals surface area contributed by atoms with Crippen molar-refractivity contribution in [3.05, 3.63) is 70.8 Å². The summed E-state index contributed by atoms with van der Waals surface area (Å²) >= 11 is 0. The Morgan fingerprint density at radius 2 is 1.77 bits per heavy atom. The summed E-state index contributed by atoms with van der Waals surface area (Å²) in [6.07, 6.45) is 3.91. The summed E-state index contributed by atoms with van der Waals surface area (Å²) in [7, 11) is 0. The number of fused-ring (bicyclic) bond motifs is 2. The average molecular weight is 402 g/mol. The molecule has 2 unspecified atom stereocenters. The third-order valence-corrected chi connectivity index (χ3v) is 6.48. The molecule has 2 aliphatic heterocycles. The van der Waals surface area contributed by atoms with E-state index < -0.39 is 0 Å². The molecule has 0 aliphatic carbocycles. The average Bonchev–Trinajstić information content (AvgIpc) is 2.77. The molecule has 154 valence electrons. The van der Waals surface area contributed by atoms with Crippen LogP contribution in [0.5, 0.6) is 0 Å². The fourth-order valence-electron chi connectivity index (χ4n) is 4.93. The number of hydrogen-bond donors (Lipinski definition) is 0. The van der Waals surface area contributed by atoms with Crippen molar-refractivity contribution in [3.8, 4) is 6.07 Å². The molecule has 2 fully saturated rings. The highest BCUT2D eigenvalue weighted by atomic mass is 16.6. The molecule has 30 heavy (non-hydrogen) atoms. The lowest BCUT2D eigenvalue weighted by Crippen LogP contribution is -2.55. The van der Waals surface area contributed by atoms with Gasteiger partial charge >= 0.3 is 6.09 Å². The molecular formula is C25H26N2O3. The van der Waals surface area contributed by atoms with Crippen molar-refractivity contribution in [2.45, 2.75) is 57.7 Å². The van der Waals surface area contributed by atoms with Gasteiger partial charge in [-0.05, 0) is 56.2 Å². The first-order valence-corrected chi connectivity index (χ1v) is 10.6. The van der Waals surface area contributed by atoms with Crippen molar-refractivity contribution in [2.75, 3.05) is 0 Å². The van der Waals surface area contributed by atoms with Crippen LogP contribution in [0.1, 0.15) is 59.2 Å². The molecule has 0 N–H and O–H groups in total. The highest BCUT2D eigenvalue weighted by Gasteiger charge is 2.43. The van der Waals surface area contributed by atoms with Gasteiger partial charge < -0.3 is 9.64 Å². The van der Waals surface area contributed by atoms with Crippen molar-refractivity contribution >= 4 is 11.9 Å². The Hall–Kier alpha value is -3.13. The summed E-state index contributed by atoms with van der Waals surface area (Å²) < 4.78 is 5.60. The fraction of sp³-hybridized carbons (Fsp3) is 0.400. The van der Waals surface area contributed by atoms with Crippen LogP contribution in [0.4, 0.5) is 4.79 Å². The first-order valence-electron chi connectivity index (χ1n) is 10.6. The van der Waals surface area contributed by atoms with E-state index in [-0.39, 0.29) is 36.5 Å². The molecule has 2 saturated heterocycles. The number of nitriles is 1. The number of hydrogen-bond acceptors (Lipinski definition) is 4. The number of ether oxygens (including phenoxy) is 1. The van der Waals surface area contributed by atoms with Crippen molar-refractivity contribution in [2.24, 2.45) is 5.92 Å². The van der Waals surface area contributed by atoms with Crippen molar-refractivity contribution in [1.82, 2.24) is 4.90 Å². The molecule has 5 heteroatoms. The predicted octanol–water partition coefficient (Wildman–Crippen LogP) is 5.02. The smallest absolute Gasteiger partial charge is 0.410 e. The summed E-state index contributed by atoms with van der Waals surface area (Å²) in [5, 5.41) is 9.28. The van der Waals surface area contributed by atoms with Gasteiger partial charge in [0.25, 0.3) is 0 Å². The molecule has 0 spiro atoms. The molecule has 2 atom stereocenters. The minimum Gasteiger partial charge on any atom is -0.445 e. The first-order chi connectivity index (χ1) is 14.6. The van der Waals surface area contributed by atoms with Gasteiger partial charge in [-0.3, -0.25) is 4.79 Å².